The second kappa shape index (κ2) is 7.48. The fraction of sp³-hybridized carbons (Fsp3) is 0.348. The van der Waals surface area contributed by atoms with Crippen molar-refractivity contribution in [2.24, 2.45) is 0 Å². The van der Waals surface area contributed by atoms with Crippen molar-refractivity contribution in [3.05, 3.63) is 64.1 Å². The van der Waals surface area contributed by atoms with E-state index in [9.17, 15) is 9.59 Å². The van der Waals surface area contributed by atoms with Gasteiger partial charge in [0.05, 0.1) is 12.0 Å². The van der Waals surface area contributed by atoms with Gasteiger partial charge in [0.1, 0.15) is 5.75 Å². The van der Waals surface area contributed by atoms with Crippen molar-refractivity contribution >= 4 is 22.4 Å². The van der Waals surface area contributed by atoms with Gasteiger partial charge in [0.25, 0.3) is 11.5 Å². The number of piperazine rings is 1. The third kappa shape index (κ3) is 3.01. The molecule has 2 aliphatic rings. The molecule has 0 atom stereocenters. The van der Waals surface area contributed by atoms with Gasteiger partial charge in [0, 0.05) is 55.8 Å². The van der Waals surface area contributed by atoms with Crippen molar-refractivity contribution < 1.29 is 9.53 Å². The third-order valence-electron chi connectivity index (χ3n) is 6.00. The number of aromatic nitrogens is 2. The smallest absolute Gasteiger partial charge is 0.275 e. The van der Waals surface area contributed by atoms with Crippen LogP contribution in [-0.4, -0.2) is 53.4 Å². The Hall–Kier alpha value is -3.35. The van der Waals surface area contributed by atoms with Crippen LogP contribution in [-0.2, 0) is 13.0 Å². The van der Waals surface area contributed by atoms with Crippen molar-refractivity contribution in [3.63, 3.8) is 0 Å². The van der Waals surface area contributed by atoms with E-state index in [-0.39, 0.29) is 11.5 Å². The van der Waals surface area contributed by atoms with E-state index < -0.39 is 0 Å². The van der Waals surface area contributed by atoms with E-state index in [1.54, 1.807) is 12.1 Å². The number of carbonyl (C=O) groups is 1. The first-order valence-corrected chi connectivity index (χ1v) is 10.5. The van der Waals surface area contributed by atoms with Crippen LogP contribution in [0.3, 0.4) is 0 Å². The van der Waals surface area contributed by atoms with Crippen LogP contribution in [0.5, 0.6) is 5.75 Å². The number of rotatable bonds is 3. The van der Waals surface area contributed by atoms with Crippen LogP contribution in [0.1, 0.15) is 23.0 Å². The molecule has 7 nitrogen and oxygen atoms in total. The predicted molar refractivity (Wildman–Crippen MR) is 115 cm³/mol. The zero-order valence-electron chi connectivity index (χ0n) is 17.0. The zero-order valence-corrected chi connectivity index (χ0v) is 17.0. The SMILES string of the molecule is CCn1nc(C(=O)N2CCN(c3cccc4c3CCO4)CC2)c2ccccc2c1=O. The van der Waals surface area contributed by atoms with Gasteiger partial charge in [-0.05, 0) is 25.1 Å². The summed E-state index contributed by atoms with van der Waals surface area (Å²) in [4.78, 5) is 30.1. The second-order valence-corrected chi connectivity index (χ2v) is 7.65. The number of amides is 1. The van der Waals surface area contributed by atoms with Gasteiger partial charge in [-0.1, -0.05) is 24.3 Å². The first-order chi connectivity index (χ1) is 14.7. The largest absolute Gasteiger partial charge is 0.493 e. The average Bonchev–Trinajstić information content (AvgIpc) is 3.28. The molecule has 0 spiro atoms. The van der Waals surface area contributed by atoms with Crippen LogP contribution in [0.15, 0.2) is 47.3 Å². The molecule has 1 aromatic heterocycles. The van der Waals surface area contributed by atoms with Crippen LogP contribution in [0.4, 0.5) is 5.69 Å². The lowest BCUT2D eigenvalue weighted by Gasteiger charge is -2.36. The number of fused-ring (bicyclic) bond motifs is 2. The monoisotopic (exact) mass is 404 g/mol. The van der Waals surface area contributed by atoms with Gasteiger partial charge in [0.2, 0.25) is 0 Å². The van der Waals surface area contributed by atoms with Crippen molar-refractivity contribution in [2.45, 2.75) is 19.9 Å². The Kier molecular flexibility index (Phi) is 4.65. The lowest BCUT2D eigenvalue weighted by Crippen LogP contribution is -2.49. The van der Waals surface area contributed by atoms with Crippen molar-refractivity contribution in [3.8, 4) is 5.75 Å². The molecule has 30 heavy (non-hydrogen) atoms. The number of hydrogen-bond acceptors (Lipinski definition) is 5. The molecule has 3 heterocycles. The molecule has 1 saturated heterocycles. The normalized spacial score (nSPS) is 15.9. The lowest BCUT2D eigenvalue weighted by atomic mass is 10.1. The standard InChI is InChI=1S/C23H24N4O3/c1-2-27-22(28)17-7-4-3-6-16(17)21(24-27)23(29)26-13-11-25(12-14-26)19-8-5-9-20-18(19)10-15-30-20/h3-9H,2,10-15H2,1H3. The number of ether oxygens (including phenoxy) is 1. The minimum atomic E-state index is -0.158. The molecule has 2 aliphatic heterocycles. The van der Waals surface area contributed by atoms with Gasteiger partial charge < -0.3 is 14.5 Å². The Balaban J connectivity index is 1.40. The highest BCUT2D eigenvalue weighted by Gasteiger charge is 2.27. The summed E-state index contributed by atoms with van der Waals surface area (Å²) in [6.45, 7) is 5.77. The number of nitrogens with zero attached hydrogens (tertiary/aromatic N) is 4. The third-order valence-corrected chi connectivity index (χ3v) is 6.00. The van der Waals surface area contributed by atoms with Crippen molar-refractivity contribution in [1.29, 1.82) is 0 Å². The van der Waals surface area contributed by atoms with Crippen LogP contribution >= 0.6 is 0 Å². The first-order valence-electron chi connectivity index (χ1n) is 10.5. The lowest BCUT2D eigenvalue weighted by molar-refractivity contribution is 0.0740. The van der Waals surface area contributed by atoms with E-state index >= 15 is 0 Å². The summed E-state index contributed by atoms with van der Waals surface area (Å²) in [5.74, 6) is 0.859. The highest BCUT2D eigenvalue weighted by atomic mass is 16.5. The summed E-state index contributed by atoms with van der Waals surface area (Å²) in [6, 6.07) is 13.4. The molecule has 0 radical (unpaired) electrons. The molecule has 0 N–H and O–H groups in total. The first kappa shape index (κ1) is 18.7. The summed E-state index contributed by atoms with van der Waals surface area (Å²) < 4.78 is 7.07. The number of aryl methyl sites for hydroxylation is 1. The summed E-state index contributed by atoms with van der Waals surface area (Å²) in [5.41, 5.74) is 2.67. The predicted octanol–water partition coefficient (Wildman–Crippen LogP) is 2.31. The number of hydrogen-bond donors (Lipinski definition) is 0. The second-order valence-electron chi connectivity index (χ2n) is 7.65. The minimum Gasteiger partial charge on any atom is -0.493 e. The van der Waals surface area contributed by atoms with Gasteiger partial charge in [-0.25, -0.2) is 4.68 Å². The van der Waals surface area contributed by atoms with E-state index in [0.29, 0.717) is 36.1 Å². The van der Waals surface area contributed by atoms with Crippen LogP contribution < -0.4 is 15.2 Å². The van der Waals surface area contributed by atoms with Gasteiger partial charge in [-0.15, -0.1) is 0 Å². The van der Waals surface area contributed by atoms with Crippen LogP contribution in [0.2, 0.25) is 0 Å². The zero-order chi connectivity index (χ0) is 20.7. The Bertz CT molecular complexity index is 1180. The fourth-order valence-electron chi connectivity index (χ4n) is 4.41. The molecule has 0 bridgehead atoms. The summed E-state index contributed by atoms with van der Waals surface area (Å²) in [5, 5.41) is 5.56. The molecule has 154 valence electrons. The molecule has 0 unspecified atom stereocenters. The average molecular weight is 404 g/mol. The van der Waals surface area contributed by atoms with E-state index in [1.165, 1.54) is 15.9 Å². The van der Waals surface area contributed by atoms with Crippen molar-refractivity contribution in [2.75, 3.05) is 37.7 Å². The molecule has 7 heteroatoms. The van der Waals surface area contributed by atoms with Gasteiger partial charge in [0.15, 0.2) is 5.69 Å². The van der Waals surface area contributed by atoms with Crippen molar-refractivity contribution in [1.82, 2.24) is 14.7 Å². The Morgan fingerprint density at radius 2 is 1.80 bits per heavy atom. The summed E-state index contributed by atoms with van der Waals surface area (Å²) in [7, 11) is 0. The quantitative estimate of drug-likeness (QED) is 0.670. The van der Waals surface area contributed by atoms with Crippen LogP contribution in [0, 0.1) is 0 Å². The molecule has 5 rings (SSSR count). The molecular formula is C23H24N4O3. The van der Waals surface area contributed by atoms with Gasteiger partial charge >= 0.3 is 0 Å². The van der Waals surface area contributed by atoms with Gasteiger partial charge in [-0.3, -0.25) is 9.59 Å². The highest BCUT2D eigenvalue weighted by molar-refractivity contribution is 6.04. The molecule has 1 amide bonds. The minimum absolute atomic E-state index is 0.116. The molecule has 3 aromatic rings. The molecule has 0 aliphatic carbocycles. The Morgan fingerprint density at radius 1 is 1.03 bits per heavy atom. The molecule has 2 aromatic carbocycles. The molecular weight excluding hydrogens is 380 g/mol. The van der Waals surface area contributed by atoms with Gasteiger partial charge in [-0.2, -0.15) is 5.10 Å². The van der Waals surface area contributed by atoms with E-state index in [2.05, 4.69) is 16.1 Å². The Labute approximate surface area is 174 Å². The highest BCUT2D eigenvalue weighted by Crippen LogP contribution is 2.34. The maximum absolute atomic E-state index is 13.3. The van der Waals surface area contributed by atoms with E-state index in [1.807, 2.05) is 36.1 Å². The fourth-order valence-corrected chi connectivity index (χ4v) is 4.41. The summed E-state index contributed by atoms with van der Waals surface area (Å²) in [6.07, 6.45) is 0.930. The summed E-state index contributed by atoms with van der Waals surface area (Å²) >= 11 is 0. The van der Waals surface area contributed by atoms with E-state index in [0.717, 1.165) is 31.9 Å². The van der Waals surface area contributed by atoms with E-state index in [4.69, 9.17) is 4.74 Å². The number of carbonyl (C=O) groups excluding carboxylic acids is 1. The maximum atomic E-state index is 13.3. The van der Waals surface area contributed by atoms with Crippen LogP contribution in [0.25, 0.3) is 10.8 Å². The molecule has 1 fully saturated rings. The maximum Gasteiger partial charge on any atom is 0.275 e. The number of anilines is 1. The topological polar surface area (TPSA) is 67.7 Å². The Morgan fingerprint density at radius 3 is 2.57 bits per heavy atom. The number of benzene rings is 2. The molecule has 0 saturated carbocycles.